The fraction of sp³-hybridized carbons (Fsp3) is 0.412. The van der Waals surface area contributed by atoms with E-state index in [2.05, 4.69) is 27.0 Å². The number of aromatic nitrogens is 2. The zero-order chi connectivity index (χ0) is 17.2. The van der Waals surface area contributed by atoms with Gasteiger partial charge in [0.2, 0.25) is 0 Å². The molecule has 1 atom stereocenters. The molecule has 6 nitrogen and oxygen atoms in total. The summed E-state index contributed by atoms with van der Waals surface area (Å²) in [6.07, 6.45) is 2.09. The predicted octanol–water partition coefficient (Wildman–Crippen LogP) is 1.79. The number of β-amino-alcohol motifs (C(OH)–C–C–N with tert-alkyl or cyclic N) is 1. The van der Waals surface area contributed by atoms with Gasteiger partial charge in [0.1, 0.15) is 17.2 Å². The molecular formula is C17H22ClN5O. The van der Waals surface area contributed by atoms with Gasteiger partial charge in [0.25, 0.3) is 0 Å². The number of aliphatic hydroxyl groups is 1. The van der Waals surface area contributed by atoms with Crippen molar-refractivity contribution in [2.24, 2.45) is 0 Å². The van der Waals surface area contributed by atoms with Crippen molar-refractivity contribution in [3.05, 3.63) is 47.2 Å². The van der Waals surface area contributed by atoms with Crippen LogP contribution in [0.5, 0.6) is 0 Å². The van der Waals surface area contributed by atoms with E-state index in [1.807, 2.05) is 30.1 Å². The van der Waals surface area contributed by atoms with E-state index in [0.29, 0.717) is 30.4 Å². The number of rotatable bonds is 5. The first-order valence-corrected chi connectivity index (χ1v) is 8.30. The second-order valence-electron chi connectivity index (χ2n) is 6.42. The van der Waals surface area contributed by atoms with Gasteiger partial charge in [0, 0.05) is 33.2 Å². The number of nitrogens with two attached hydrogens (primary N) is 1. The molecule has 0 amide bonds. The molecule has 1 saturated heterocycles. The standard InChI is InChI=1S/C17H22ClN5O/c1-22(16-14(18)15(19)20-12-21-16)10-17(24)7-8-23(11-17)9-13-5-3-2-4-6-13/h2-6,12,24H,7-11H2,1H3,(H2,19,20,21)/t17-/m0/s1. The molecule has 1 fully saturated rings. The van der Waals surface area contributed by atoms with Crippen LogP contribution in [0.25, 0.3) is 0 Å². The van der Waals surface area contributed by atoms with Gasteiger partial charge < -0.3 is 15.7 Å². The van der Waals surface area contributed by atoms with Crippen LogP contribution in [-0.2, 0) is 6.54 Å². The van der Waals surface area contributed by atoms with Crippen LogP contribution in [0.15, 0.2) is 36.7 Å². The van der Waals surface area contributed by atoms with Crippen LogP contribution in [0.1, 0.15) is 12.0 Å². The van der Waals surface area contributed by atoms with Gasteiger partial charge in [-0.1, -0.05) is 41.9 Å². The van der Waals surface area contributed by atoms with Gasteiger partial charge in [-0.3, -0.25) is 4.90 Å². The summed E-state index contributed by atoms with van der Waals surface area (Å²) < 4.78 is 0. The Balaban J connectivity index is 1.64. The number of halogens is 1. The van der Waals surface area contributed by atoms with Crippen molar-refractivity contribution in [3.8, 4) is 0 Å². The maximum atomic E-state index is 10.9. The quantitative estimate of drug-likeness (QED) is 0.858. The van der Waals surface area contributed by atoms with E-state index in [1.165, 1.54) is 11.9 Å². The molecule has 0 radical (unpaired) electrons. The molecule has 3 rings (SSSR count). The molecule has 1 aromatic carbocycles. The third-order valence-corrected chi connectivity index (χ3v) is 4.71. The summed E-state index contributed by atoms with van der Waals surface area (Å²) in [6, 6.07) is 10.3. The number of likely N-dealkylation sites (tertiary alicyclic amines) is 1. The molecule has 7 heteroatoms. The van der Waals surface area contributed by atoms with Crippen molar-refractivity contribution in [2.75, 3.05) is 37.3 Å². The van der Waals surface area contributed by atoms with E-state index < -0.39 is 5.60 Å². The Bertz CT molecular complexity index is 699. The summed E-state index contributed by atoms with van der Waals surface area (Å²) in [6.45, 7) is 2.76. The zero-order valence-electron chi connectivity index (χ0n) is 13.7. The molecular weight excluding hydrogens is 326 g/mol. The fourth-order valence-electron chi connectivity index (χ4n) is 3.20. The van der Waals surface area contributed by atoms with Crippen LogP contribution < -0.4 is 10.6 Å². The van der Waals surface area contributed by atoms with Crippen LogP contribution in [0.3, 0.4) is 0 Å². The molecule has 0 unspecified atom stereocenters. The summed E-state index contributed by atoms with van der Waals surface area (Å²) in [5.41, 5.74) is 6.18. The Labute approximate surface area is 146 Å². The molecule has 1 aliphatic rings. The molecule has 0 spiro atoms. The Kier molecular flexibility index (Phi) is 4.89. The number of nitrogen functional groups attached to an aromatic ring is 1. The minimum Gasteiger partial charge on any atom is -0.387 e. The highest BCUT2D eigenvalue weighted by Crippen LogP contribution is 2.29. The third kappa shape index (κ3) is 3.77. The number of benzene rings is 1. The van der Waals surface area contributed by atoms with Crippen molar-refractivity contribution in [1.29, 1.82) is 0 Å². The lowest BCUT2D eigenvalue weighted by Crippen LogP contribution is -2.44. The van der Waals surface area contributed by atoms with Gasteiger partial charge in [-0.15, -0.1) is 0 Å². The predicted molar refractivity (Wildman–Crippen MR) is 96.0 cm³/mol. The Morgan fingerprint density at radius 2 is 2.08 bits per heavy atom. The maximum absolute atomic E-state index is 10.9. The maximum Gasteiger partial charge on any atom is 0.152 e. The van der Waals surface area contributed by atoms with Crippen LogP contribution in [-0.4, -0.2) is 52.3 Å². The average Bonchev–Trinajstić information content (AvgIpc) is 2.91. The molecule has 3 N–H and O–H groups in total. The zero-order valence-corrected chi connectivity index (χ0v) is 14.4. The molecule has 0 saturated carbocycles. The number of likely N-dealkylation sites (N-methyl/N-ethyl adjacent to an activating group) is 1. The molecule has 128 valence electrons. The van der Waals surface area contributed by atoms with E-state index in [0.717, 1.165) is 13.1 Å². The summed E-state index contributed by atoms with van der Waals surface area (Å²) in [7, 11) is 1.85. The molecule has 1 aromatic heterocycles. The van der Waals surface area contributed by atoms with Gasteiger partial charge >= 0.3 is 0 Å². The highest BCUT2D eigenvalue weighted by Gasteiger charge is 2.37. The first kappa shape index (κ1) is 17.0. The van der Waals surface area contributed by atoms with E-state index in [-0.39, 0.29) is 5.82 Å². The topological polar surface area (TPSA) is 78.5 Å². The van der Waals surface area contributed by atoms with E-state index in [4.69, 9.17) is 17.3 Å². The summed E-state index contributed by atoms with van der Waals surface area (Å²) in [4.78, 5) is 12.1. The summed E-state index contributed by atoms with van der Waals surface area (Å²) >= 11 is 6.17. The Morgan fingerprint density at radius 1 is 1.33 bits per heavy atom. The molecule has 0 aliphatic carbocycles. The minimum atomic E-state index is -0.799. The monoisotopic (exact) mass is 347 g/mol. The van der Waals surface area contributed by atoms with E-state index in [9.17, 15) is 5.11 Å². The number of nitrogens with zero attached hydrogens (tertiary/aromatic N) is 4. The lowest BCUT2D eigenvalue weighted by molar-refractivity contribution is 0.0561. The number of hydrogen-bond acceptors (Lipinski definition) is 6. The molecule has 24 heavy (non-hydrogen) atoms. The second-order valence-corrected chi connectivity index (χ2v) is 6.80. The molecule has 2 aromatic rings. The van der Waals surface area contributed by atoms with Crippen LogP contribution in [0.2, 0.25) is 5.02 Å². The third-order valence-electron chi connectivity index (χ3n) is 4.35. The molecule has 0 bridgehead atoms. The minimum absolute atomic E-state index is 0.248. The fourth-order valence-corrected chi connectivity index (χ4v) is 3.44. The van der Waals surface area contributed by atoms with E-state index >= 15 is 0 Å². The average molecular weight is 348 g/mol. The van der Waals surface area contributed by atoms with Gasteiger partial charge in [-0.2, -0.15) is 0 Å². The van der Waals surface area contributed by atoms with Gasteiger partial charge in [-0.05, 0) is 12.0 Å². The second kappa shape index (κ2) is 6.93. The van der Waals surface area contributed by atoms with Crippen molar-refractivity contribution in [1.82, 2.24) is 14.9 Å². The number of anilines is 2. The van der Waals surface area contributed by atoms with Crippen LogP contribution in [0.4, 0.5) is 11.6 Å². The van der Waals surface area contributed by atoms with Crippen molar-refractivity contribution >= 4 is 23.2 Å². The smallest absolute Gasteiger partial charge is 0.152 e. The largest absolute Gasteiger partial charge is 0.387 e. The highest BCUT2D eigenvalue weighted by atomic mass is 35.5. The Morgan fingerprint density at radius 3 is 2.83 bits per heavy atom. The van der Waals surface area contributed by atoms with Crippen molar-refractivity contribution in [3.63, 3.8) is 0 Å². The van der Waals surface area contributed by atoms with Gasteiger partial charge in [0.15, 0.2) is 5.82 Å². The van der Waals surface area contributed by atoms with Crippen molar-refractivity contribution in [2.45, 2.75) is 18.6 Å². The Hall–Kier alpha value is -1.89. The lowest BCUT2D eigenvalue weighted by Gasteiger charge is -2.30. The summed E-state index contributed by atoms with van der Waals surface area (Å²) in [5, 5.41) is 11.3. The first-order chi connectivity index (χ1) is 11.5. The van der Waals surface area contributed by atoms with Gasteiger partial charge in [-0.25, -0.2) is 9.97 Å². The highest BCUT2D eigenvalue weighted by molar-refractivity contribution is 6.35. The SMILES string of the molecule is CN(C[C@@]1(O)CCN(Cc2ccccc2)C1)c1ncnc(N)c1Cl. The molecule has 1 aliphatic heterocycles. The molecule has 2 heterocycles. The number of hydrogen-bond donors (Lipinski definition) is 2. The van der Waals surface area contributed by atoms with Crippen LogP contribution in [0, 0.1) is 0 Å². The van der Waals surface area contributed by atoms with Gasteiger partial charge in [0.05, 0.1) is 5.60 Å². The van der Waals surface area contributed by atoms with Crippen molar-refractivity contribution < 1.29 is 5.11 Å². The lowest BCUT2D eigenvalue weighted by atomic mass is 10.0. The summed E-state index contributed by atoms with van der Waals surface area (Å²) in [5.74, 6) is 0.789. The van der Waals surface area contributed by atoms with E-state index in [1.54, 1.807) is 0 Å². The first-order valence-electron chi connectivity index (χ1n) is 7.93. The van der Waals surface area contributed by atoms with Crippen LogP contribution >= 0.6 is 11.6 Å². The normalized spacial score (nSPS) is 21.1.